The van der Waals surface area contributed by atoms with Crippen LogP contribution < -0.4 is 31.3 Å². The number of nitriles is 1. The minimum Gasteiger partial charge on any atom is -0.489 e. The van der Waals surface area contributed by atoms with Crippen LogP contribution in [0.25, 0.3) is 21.6 Å². The molecule has 0 spiro atoms. The molecule has 3 heterocycles. The number of aryl methyl sites for hydroxylation is 1. The summed E-state index contributed by atoms with van der Waals surface area (Å²) < 4.78 is 6.37. The van der Waals surface area contributed by atoms with Crippen molar-refractivity contribution in [1.82, 2.24) is 36.1 Å². The van der Waals surface area contributed by atoms with Crippen LogP contribution in [0.3, 0.4) is 0 Å². The quantitative estimate of drug-likeness (QED) is 0.0498. The summed E-state index contributed by atoms with van der Waals surface area (Å²) in [5.74, 6) is -0.139. The molecule has 1 aliphatic heterocycles. The Kier molecular flexibility index (Phi) is 15.9. The molecule has 0 radical (unpaired) electrons. The number of likely N-dealkylation sites (tertiary alicyclic amines) is 1. The Balaban J connectivity index is 0.847. The highest BCUT2D eigenvalue weighted by Gasteiger charge is 2.64. The second-order valence-electron chi connectivity index (χ2n) is 20.8. The first-order valence-corrected chi connectivity index (χ1v) is 25.1. The van der Waals surface area contributed by atoms with Crippen molar-refractivity contribution in [2.45, 2.75) is 105 Å². The summed E-state index contributed by atoms with van der Waals surface area (Å²) in [7, 11) is 0. The van der Waals surface area contributed by atoms with Crippen LogP contribution in [-0.2, 0) is 14.4 Å². The molecule has 374 valence electrons. The standard InChI is InChI=1S/C54H64ClN9O6S/c1-31(33-10-14-35(15-11-33)45-32(2)60-30-71-45)61-48(68)42-24-39(65)29-64(42)49(69)46(52(3,4)5)62-44(66)28-57-22-23-58-43-21-19-38(27-59-43)34-12-16-36(17-13-34)47(67)63-50-53(6,7)51(54(50,8)9)70-40-20-18-37(26-56)41(55)25-40/h10-21,25,27,30-31,39,42,46,50-51,57,65H,22-24,28-29H2,1-9H3,(H,58,59)(H,61,68)(H,62,66)(H,63,67)/t31-,39+,42-,46+,50-,51-/m0/s1. The van der Waals surface area contributed by atoms with Crippen molar-refractivity contribution < 1.29 is 29.0 Å². The van der Waals surface area contributed by atoms with Gasteiger partial charge in [-0.15, -0.1) is 11.3 Å². The molecule has 4 amide bonds. The number of halogens is 1. The largest absolute Gasteiger partial charge is 0.489 e. The summed E-state index contributed by atoms with van der Waals surface area (Å²) in [6, 6.07) is 23.8. The van der Waals surface area contributed by atoms with Crippen molar-refractivity contribution in [1.29, 1.82) is 5.26 Å². The second kappa shape index (κ2) is 21.5. The van der Waals surface area contributed by atoms with Gasteiger partial charge in [-0.05, 0) is 72.4 Å². The highest BCUT2D eigenvalue weighted by Crippen LogP contribution is 2.55. The third-order valence-electron chi connectivity index (χ3n) is 13.6. The van der Waals surface area contributed by atoms with E-state index in [1.54, 1.807) is 47.9 Å². The number of hydrogen-bond acceptors (Lipinski definition) is 12. The Bertz CT molecular complexity index is 2750. The van der Waals surface area contributed by atoms with E-state index in [0.29, 0.717) is 40.8 Å². The normalized spacial score (nSPS) is 19.9. The summed E-state index contributed by atoms with van der Waals surface area (Å²) in [6.07, 6.45) is 0.748. The average Bonchev–Trinajstić information content (AvgIpc) is 3.96. The zero-order valence-electron chi connectivity index (χ0n) is 41.7. The van der Waals surface area contributed by atoms with E-state index < -0.39 is 40.3 Å². The van der Waals surface area contributed by atoms with Gasteiger partial charge in [-0.2, -0.15) is 5.26 Å². The lowest BCUT2D eigenvalue weighted by atomic mass is 9.49. The number of amides is 4. The van der Waals surface area contributed by atoms with Crippen LogP contribution in [0.1, 0.15) is 95.0 Å². The number of nitrogens with zero attached hydrogens (tertiary/aromatic N) is 4. The molecule has 0 bridgehead atoms. The van der Waals surface area contributed by atoms with Gasteiger partial charge in [0.1, 0.15) is 35.8 Å². The van der Waals surface area contributed by atoms with Gasteiger partial charge >= 0.3 is 0 Å². The molecule has 4 atom stereocenters. The minimum absolute atomic E-state index is 0.0161. The first-order valence-electron chi connectivity index (χ1n) is 23.9. The number of nitrogens with one attached hydrogen (secondary N) is 5. The van der Waals surface area contributed by atoms with Crippen molar-refractivity contribution in [3.8, 4) is 33.4 Å². The van der Waals surface area contributed by atoms with E-state index in [1.165, 1.54) is 4.90 Å². The van der Waals surface area contributed by atoms with Crippen molar-refractivity contribution >= 4 is 52.4 Å². The van der Waals surface area contributed by atoms with Crippen LogP contribution >= 0.6 is 22.9 Å². The highest BCUT2D eigenvalue weighted by atomic mass is 35.5. The summed E-state index contributed by atoms with van der Waals surface area (Å²) in [6.45, 7) is 18.5. The van der Waals surface area contributed by atoms with E-state index in [9.17, 15) is 29.5 Å². The van der Waals surface area contributed by atoms with Gasteiger partial charge in [-0.1, -0.05) is 96.5 Å². The lowest BCUT2D eigenvalue weighted by Gasteiger charge is -2.63. The van der Waals surface area contributed by atoms with Gasteiger partial charge in [0.25, 0.3) is 5.91 Å². The number of rotatable bonds is 17. The van der Waals surface area contributed by atoms with E-state index in [2.05, 4.69) is 70.3 Å². The molecule has 1 saturated carbocycles. The van der Waals surface area contributed by atoms with Crippen LogP contribution in [0, 0.1) is 34.5 Å². The Morgan fingerprint density at radius 3 is 2.21 bits per heavy atom. The molecule has 5 aromatic rings. The van der Waals surface area contributed by atoms with E-state index in [-0.39, 0.29) is 55.4 Å². The number of hydrogen-bond donors (Lipinski definition) is 6. The molecule has 17 heteroatoms. The van der Waals surface area contributed by atoms with Crippen LogP contribution in [0.15, 0.2) is 90.6 Å². The zero-order chi connectivity index (χ0) is 51.4. The Hall–Kier alpha value is -6.38. The maximum Gasteiger partial charge on any atom is 0.251 e. The number of thiazole rings is 1. The third kappa shape index (κ3) is 11.9. The van der Waals surface area contributed by atoms with Crippen LogP contribution in [0.4, 0.5) is 5.82 Å². The van der Waals surface area contributed by atoms with Gasteiger partial charge in [0.15, 0.2) is 0 Å². The van der Waals surface area contributed by atoms with Gasteiger partial charge in [-0.25, -0.2) is 9.97 Å². The molecular weight excluding hydrogens is 938 g/mol. The number of aliphatic hydroxyl groups is 1. The van der Waals surface area contributed by atoms with Gasteiger partial charge in [0.05, 0.1) is 45.4 Å². The predicted molar refractivity (Wildman–Crippen MR) is 277 cm³/mol. The molecule has 71 heavy (non-hydrogen) atoms. The molecule has 3 aromatic carbocycles. The number of β-amino-alcohol motifs (C(OH)–C–C–N with tert-alkyl or cyclic N) is 1. The first-order chi connectivity index (χ1) is 33.6. The number of ether oxygens (including phenoxy) is 1. The number of anilines is 1. The number of aromatic nitrogens is 2. The Labute approximate surface area is 425 Å². The monoisotopic (exact) mass is 1000 g/mol. The fourth-order valence-corrected chi connectivity index (χ4v) is 11.0. The van der Waals surface area contributed by atoms with Gasteiger partial charge in [0, 0.05) is 66.3 Å². The number of benzene rings is 3. The van der Waals surface area contributed by atoms with Gasteiger partial charge < -0.3 is 41.3 Å². The van der Waals surface area contributed by atoms with Crippen LogP contribution in [0.2, 0.25) is 5.02 Å². The minimum atomic E-state index is -0.948. The van der Waals surface area contributed by atoms with Crippen LogP contribution in [0.5, 0.6) is 5.75 Å². The predicted octanol–water partition coefficient (Wildman–Crippen LogP) is 7.69. The molecule has 1 saturated heterocycles. The number of aliphatic hydroxyl groups excluding tert-OH is 1. The maximum absolute atomic E-state index is 14.1. The summed E-state index contributed by atoms with van der Waals surface area (Å²) in [5, 5.41) is 35.8. The molecule has 15 nitrogen and oxygen atoms in total. The SMILES string of the molecule is Cc1ncsc1-c1ccc([C@H](C)NC(=O)[C@@H]2C[C@@H](O)CN2C(=O)[C@@H](NC(=O)CNCCNc2ccc(-c3ccc(C(=O)N[C@H]4C(C)(C)[C@H](Oc5ccc(C#N)c(Cl)c5)C4(C)C)cc3)cn2)C(C)(C)C)cc1. The van der Waals surface area contributed by atoms with E-state index in [0.717, 1.165) is 32.8 Å². The van der Waals surface area contributed by atoms with E-state index in [4.69, 9.17) is 16.3 Å². The lowest BCUT2D eigenvalue weighted by Crippen LogP contribution is -2.74. The molecule has 6 N–H and O–H groups in total. The van der Waals surface area contributed by atoms with E-state index >= 15 is 0 Å². The number of carbonyl (C=O) groups excluding carboxylic acids is 4. The number of carbonyl (C=O) groups is 4. The zero-order valence-corrected chi connectivity index (χ0v) is 43.3. The lowest BCUT2D eigenvalue weighted by molar-refractivity contribution is -0.164. The van der Waals surface area contributed by atoms with Crippen molar-refractivity contribution in [2.75, 3.05) is 31.5 Å². The van der Waals surface area contributed by atoms with Crippen molar-refractivity contribution in [2.24, 2.45) is 16.2 Å². The smallest absolute Gasteiger partial charge is 0.251 e. The third-order valence-corrected chi connectivity index (χ3v) is 14.9. The summed E-state index contributed by atoms with van der Waals surface area (Å²) in [5.41, 5.74) is 5.92. The fraction of sp³-hybridized carbons (Fsp3) is 0.426. The molecule has 2 aromatic heterocycles. The summed E-state index contributed by atoms with van der Waals surface area (Å²) in [4.78, 5) is 65.9. The van der Waals surface area contributed by atoms with E-state index in [1.807, 2.05) is 88.7 Å². The molecular formula is C54H64ClN9O6S. The number of pyridine rings is 1. The van der Waals surface area contributed by atoms with Crippen LogP contribution in [-0.4, -0.2) is 100 Å². The second-order valence-corrected chi connectivity index (χ2v) is 22.1. The molecule has 1 aliphatic carbocycles. The molecule has 2 fully saturated rings. The summed E-state index contributed by atoms with van der Waals surface area (Å²) >= 11 is 7.82. The van der Waals surface area contributed by atoms with Crippen molar-refractivity contribution in [3.05, 3.63) is 118 Å². The van der Waals surface area contributed by atoms with Gasteiger partial charge in [0.2, 0.25) is 17.7 Å². The first kappa shape index (κ1) is 52.4. The molecule has 0 unspecified atom stereocenters. The topological polar surface area (TPSA) is 211 Å². The Morgan fingerprint density at radius 2 is 1.61 bits per heavy atom. The Morgan fingerprint density at radius 1 is 0.930 bits per heavy atom. The maximum atomic E-state index is 14.1. The molecule has 2 aliphatic rings. The van der Waals surface area contributed by atoms with Crippen molar-refractivity contribution in [3.63, 3.8) is 0 Å². The molecule has 7 rings (SSSR count). The average molecular weight is 1000 g/mol. The fourth-order valence-electron chi connectivity index (χ4n) is 10.0. The van der Waals surface area contributed by atoms with Gasteiger partial charge in [-0.3, -0.25) is 19.2 Å². The highest BCUT2D eigenvalue weighted by molar-refractivity contribution is 7.13.